The molecule has 0 radical (unpaired) electrons. The first kappa shape index (κ1) is 14.5. The number of hydrogen-bond acceptors (Lipinski definition) is 5. The molecule has 1 aliphatic heterocycles. The molecule has 5 heteroatoms. The van der Waals surface area contributed by atoms with Gasteiger partial charge in [0.05, 0.1) is 6.54 Å². The summed E-state index contributed by atoms with van der Waals surface area (Å²) in [5.41, 5.74) is 5.93. The molecule has 1 aromatic heterocycles. The summed E-state index contributed by atoms with van der Waals surface area (Å²) in [4.78, 5) is 6.88. The minimum Gasteiger partial charge on any atom is -0.339 e. The van der Waals surface area contributed by atoms with Crippen LogP contribution in [-0.4, -0.2) is 34.2 Å². The summed E-state index contributed by atoms with van der Waals surface area (Å²) in [6.07, 6.45) is 2.43. The topological polar surface area (TPSA) is 68.2 Å². The second-order valence-electron chi connectivity index (χ2n) is 6.76. The van der Waals surface area contributed by atoms with Crippen LogP contribution in [0, 0.1) is 5.92 Å². The van der Waals surface area contributed by atoms with Gasteiger partial charge < -0.3 is 10.3 Å². The van der Waals surface area contributed by atoms with E-state index in [0.29, 0.717) is 11.8 Å². The smallest absolute Gasteiger partial charge is 0.232 e. The molecule has 2 atom stereocenters. The Kier molecular flexibility index (Phi) is 4.26. The van der Waals surface area contributed by atoms with Gasteiger partial charge in [0.15, 0.2) is 5.82 Å². The van der Waals surface area contributed by atoms with Crippen molar-refractivity contribution in [3.05, 3.63) is 11.7 Å². The molecule has 2 unspecified atom stereocenters. The molecular weight excluding hydrogens is 240 g/mol. The fourth-order valence-corrected chi connectivity index (χ4v) is 2.49. The molecule has 1 saturated heterocycles. The summed E-state index contributed by atoms with van der Waals surface area (Å²) in [5, 5.41) is 4.09. The van der Waals surface area contributed by atoms with Crippen molar-refractivity contribution in [1.82, 2.24) is 15.0 Å². The van der Waals surface area contributed by atoms with Gasteiger partial charge in [-0.15, -0.1) is 0 Å². The van der Waals surface area contributed by atoms with E-state index in [-0.39, 0.29) is 11.5 Å². The maximum atomic E-state index is 6.01. The lowest BCUT2D eigenvalue weighted by Gasteiger charge is -2.33. The Morgan fingerprint density at radius 3 is 2.79 bits per heavy atom. The molecule has 2 rings (SSSR count). The summed E-state index contributed by atoms with van der Waals surface area (Å²) in [5.74, 6) is 2.08. The van der Waals surface area contributed by atoms with Crippen LogP contribution in [0.5, 0.6) is 0 Å². The molecule has 19 heavy (non-hydrogen) atoms. The molecule has 0 aromatic carbocycles. The molecule has 2 heterocycles. The molecule has 2 N–H and O–H groups in total. The van der Waals surface area contributed by atoms with Gasteiger partial charge in [-0.2, -0.15) is 4.98 Å². The maximum absolute atomic E-state index is 6.01. The highest BCUT2D eigenvalue weighted by molar-refractivity contribution is 4.98. The van der Waals surface area contributed by atoms with E-state index in [1.165, 1.54) is 12.8 Å². The third kappa shape index (κ3) is 3.76. The molecule has 5 nitrogen and oxygen atoms in total. The number of nitrogens with zero attached hydrogens (tertiary/aromatic N) is 3. The number of piperidine rings is 1. The number of nitrogens with two attached hydrogens (primary N) is 1. The monoisotopic (exact) mass is 266 g/mol. The quantitative estimate of drug-likeness (QED) is 0.905. The molecule has 108 valence electrons. The zero-order chi connectivity index (χ0) is 14.0. The van der Waals surface area contributed by atoms with E-state index in [4.69, 9.17) is 10.3 Å². The lowest BCUT2D eigenvalue weighted by atomic mass is 9.92. The molecule has 0 aliphatic carbocycles. The minimum absolute atomic E-state index is 0.0819. The number of hydrogen-bond donors (Lipinski definition) is 1. The fourth-order valence-electron chi connectivity index (χ4n) is 2.49. The Morgan fingerprint density at radius 2 is 2.21 bits per heavy atom. The summed E-state index contributed by atoms with van der Waals surface area (Å²) in [6, 6.07) is 0.262. The van der Waals surface area contributed by atoms with Gasteiger partial charge in [-0.05, 0) is 32.2 Å². The van der Waals surface area contributed by atoms with E-state index in [0.717, 1.165) is 25.5 Å². The van der Waals surface area contributed by atoms with Gasteiger partial charge in [-0.3, -0.25) is 4.90 Å². The van der Waals surface area contributed by atoms with Gasteiger partial charge in [-0.1, -0.05) is 25.9 Å². The molecule has 0 saturated carbocycles. The highest BCUT2D eigenvalue weighted by Gasteiger charge is 2.25. The van der Waals surface area contributed by atoms with E-state index in [9.17, 15) is 0 Å². The molecule has 0 spiro atoms. The normalized spacial score (nSPS) is 23.5. The predicted molar refractivity (Wildman–Crippen MR) is 74.6 cm³/mol. The van der Waals surface area contributed by atoms with Crippen LogP contribution in [-0.2, 0) is 12.0 Å². The van der Waals surface area contributed by atoms with Crippen LogP contribution in [0.3, 0.4) is 0 Å². The molecule has 0 amide bonds. The maximum Gasteiger partial charge on any atom is 0.232 e. The van der Waals surface area contributed by atoms with Gasteiger partial charge in [0.25, 0.3) is 0 Å². The lowest BCUT2D eigenvalue weighted by Crippen LogP contribution is -2.42. The Morgan fingerprint density at radius 1 is 1.47 bits per heavy atom. The number of rotatable bonds is 3. The van der Waals surface area contributed by atoms with Crippen LogP contribution >= 0.6 is 0 Å². The first-order valence-electron chi connectivity index (χ1n) is 7.17. The highest BCUT2D eigenvalue weighted by Crippen LogP contribution is 2.22. The largest absolute Gasteiger partial charge is 0.339 e. The van der Waals surface area contributed by atoms with Crippen molar-refractivity contribution in [2.45, 2.75) is 58.5 Å². The van der Waals surface area contributed by atoms with Gasteiger partial charge in [0, 0.05) is 18.0 Å². The van der Waals surface area contributed by atoms with Crippen LogP contribution < -0.4 is 5.73 Å². The van der Waals surface area contributed by atoms with Gasteiger partial charge >= 0.3 is 0 Å². The van der Waals surface area contributed by atoms with Crippen molar-refractivity contribution in [2.24, 2.45) is 11.7 Å². The van der Waals surface area contributed by atoms with E-state index < -0.39 is 0 Å². The van der Waals surface area contributed by atoms with Crippen LogP contribution in [0.1, 0.15) is 52.3 Å². The van der Waals surface area contributed by atoms with E-state index in [1.807, 2.05) is 0 Å². The standard InChI is InChI=1S/C14H26N4O/c1-10(15)11-6-5-7-18(8-11)9-12-16-13(19-17-12)14(2,3)4/h10-11H,5-9,15H2,1-4H3. The average Bonchev–Trinajstić information content (AvgIpc) is 2.77. The summed E-state index contributed by atoms with van der Waals surface area (Å²) in [7, 11) is 0. The van der Waals surface area contributed by atoms with Crippen molar-refractivity contribution in [2.75, 3.05) is 13.1 Å². The van der Waals surface area contributed by atoms with Crippen molar-refractivity contribution in [1.29, 1.82) is 0 Å². The second-order valence-corrected chi connectivity index (χ2v) is 6.76. The molecule has 1 aromatic rings. The van der Waals surface area contributed by atoms with Gasteiger partial charge in [0.1, 0.15) is 0 Å². The highest BCUT2D eigenvalue weighted by atomic mass is 16.5. The number of likely N-dealkylation sites (tertiary alicyclic amines) is 1. The SMILES string of the molecule is CC(N)C1CCCN(Cc2noc(C(C)(C)C)n2)C1. The minimum atomic E-state index is -0.0819. The van der Waals surface area contributed by atoms with Gasteiger partial charge in [-0.25, -0.2) is 0 Å². The van der Waals surface area contributed by atoms with E-state index >= 15 is 0 Å². The number of aromatic nitrogens is 2. The first-order chi connectivity index (χ1) is 8.86. The first-order valence-corrected chi connectivity index (χ1v) is 7.17. The Hall–Kier alpha value is -0.940. The van der Waals surface area contributed by atoms with Crippen molar-refractivity contribution >= 4 is 0 Å². The third-order valence-corrected chi connectivity index (χ3v) is 3.76. The van der Waals surface area contributed by atoms with Crippen LogP contribution in [0.4, 0.5) is 0 Å². The summed E-state index contributed by atoms with van der Waals surface area (Å²) >= 11 is 0. The predicted octanol–water partition coefficient (Wildman–Crippen LogP) is 1.93. The fraction of sp³-hybridized carbons (Fsp3) is 0.857. The summed E-state index contributed by atoms with van der Waals surface area (Å²) < 4.78 is 5.33. The van der Waals surface area contributed by atoms with Crippen LogP contribution in [0.2, 0.25) is 0 Å². The summed E-state index contributed by atoms with van der Waals surface area (Å²) in [6.45, 7) is 11.2. The third-order valence-electron chi connectivity index (χ3n) is 3.76. The van der Waals surface area contributed by atoms with Crippen molar-refractivity contribution < 1.29 is 4.52 Å². The molecule has 1 aliphatic rings. The van der Waals surface area contributed by atoms with Crippen molar-refractivity contribution in [3.63, 3.8) is 0 Å². The Labute approximate surface area is 115 Å². The van der Waals surface area contributed by atoms with E-state index in [2.05, 4.69) is 42.7 Å². The lowest BCUT2D eigenvalue weighted by molar-refractivity contribution is 0.150. The van der Waals surface area contributed by atoms with Crippen LogP contribution in [0.15, 0.2) is 4.52 Å². The Balaban J connectivity index is 1.95. The molecule has 0 bridgehead atoms. The Bertz CT molecular complexity index is 408. The van der Waals surface area contributed by atoms with Crippen LogP contribution in [0.25, 0.3) is 0 Å². The second kappa shape index (κ2) is 5.59. The van der Waals surface area contributed by atoms with Crippen molar-refractivity contribution in [3.8, 4) is 0 Å². The molecular formula is C14H26N4O. The van der Waals surface area contributed by atoms with Gasteiger partial charge in [0.2, 0.25) is 5.89 Å². The molecule has 1 fully saturated rings. The zero-order valence-electron chi connectivity index (χ0n) is 12.5. The zero-order valence-corrected chi connectivity index (χ0v) is 12.5. The average molecular weight is 266 g/mol. The van der Waals surface area contributed by atoms with E-state index in [1.54, 1.807) is 0 Å².